The van der Waals surface area contributed by atoms with Crippen LogP contribution in [0.4, 0.5) is 17.1 Å². The van der Waals surface area contributed by atoms with E-state index in [1.165, 1.54) is 66.8 Å². The van der Waals surface area contributed by atoms with Gasteiger partial charge in [0.05, 0.1) is 11.1 Å². The van der Waals surface area contributed by atoms with Gasteiger partial charge in [0.25, 0.3) is 0 Å². The normalized spacial score (nSPS) is 13.5. The van der Waals surface area contributed by atoms with E-state index in [2.05, 4.69) is 248 Å². The fraction of sp³-hybridized carbons (Fsp3) is 0.0476. The maximum Gasteiger partial charge on any atom is 0.159 e. The maximum absolute atomic E-state index is 7.36. The molecular weight excluding hydrogens is 787 g/mol. The Labute approximate surface area is 379 Å². The second-order valence-electron chi connectivity index (χ2n) is 17.5. The number of anilines is 3. The van der Waals surface area contributed by atoms with Gasteiger partial charge >= 0.3 is 0 Å². The number of hydrogen-bond donors (Lipinski definition) is 0. The Morgan fingerprint density at radius 2 is 0.938 bits per heavy atom. The first-order valence-electron chi connectivity index (χ1n) is 22.7. The number of hydrogen-bond acceptors (Lipinski definition) is 2. The van der Waals surface area contributed by atoms with Gasteiger partial charge in [-0.2, -0.15) is 0 Å². The number of rotatable bonds is 7. The first-order valence-corrected chi connectivity index (χ1v) is 22.7. The van der Waals surface area contributed by atoms with Crippen molar-refractivity contribution in [3.05, 3.63) is 293 Å². The molecule has 0 aliphatic heterocycles. The molecule has 1 unspecified atom stereocenters. The van der Waals surface area contributed by atoms with Crippen molar-refractivity contribution in [1.82, 2.24) is 0 Å². The summed E-state index contributed by atoms with van der Waals surface area (Å²) in [5.74, 6) is -0.111. The van der Waals surface area contributed by atoms with E-state index in [0.29, 0.717) is 0 Å². The van der Waals surface area contributed by atoms with Crippen LogP contribution in [0.3, 0.4) is 0 Å². The minimum Gasteiger partial charge on any atom is -0.454 e. The van der Waals surface area contributed by atoms with E-state index in [0.717, 1.165) is 51.0 Å². The third-order valence-electron chi connectivity index (χ3n) is 14.1. The molecule has 2 aliphatic carbocycles. The molecule has 2 nitrogen and oxygen atoms in total. The molecule has 2 heteroatoms. The molecule has 13 rings (SSSR count). The average molecular weight is 830 g/mol. The highest BCUT2D eigenvalue weighted by molar-refractivity contribution is 6.11. The molecule has 0 saturated heterocycles. The summed E-state index contributed by atoms with van der Waals surface area (Å²) in [6, 6.07) is 89.0. The summed E-state index contributed by atoms with van der Waals surface area (Å²) in [4.78, 5) is 2.32. The lowest BCUT2D eigenvalue weighted by molar-refractivity contribution is 0.661. The molecular formula is C63H43NO. The summed E-state index contributed by atoms with van der Waals surface area (Å²) in [6.07, 6.45) is 0.925. The van der Waals surface area contributed by atoms with Crippen molar-refractivity contribution in [3.8, 4) is 22.3 Å². The van der Waals surface area contributed by atoms with Crippen molar-refractivity contribution in [2.45, 2.75) is 17.8 Å². The van der Waals surface area contributed by atoms with Crippen LogP contribution in [0.2, 0.25) is 0 Å². The Kier molecular flexibility index (Phi) is 8.60. The molecule has 1 aromatic heterocycles. The topological polar surface area (TPSA) is 16.4 Å². The van der Waals surface area contributed by atoms with E-state index in [-0.39, 0.29) is 5.92 Å². The van der Waals surface area contributed by atoms with E-state index >= 15 is 0 Å². The predicted molar refractivity (Wildman–Crippen MR) is 268 cm³/mol. The molecule has 0 radical (unpaired) electrons. The molecule has 0 fully saturated rings. The van der Waals surface area contributed by atoms with Crippen LogP contribution in [0.1, 0.15) is 56.0 Å². The highest BCUT2D eigenvalue weighted by Gasteiger charge is 2.50. The van der Waals surface area contributed by atoms with Crippen molar-refractivity contribution in [2.75, 3.05) is 4.90 Å². The largest absolute Gasteiger partial charge is 0.454 e. The van der Waals surface area contributed by atoms with Gasteiger partial charge < -0.3 is 9.32 Å². The van der Waals surface area contributed by atoms with Gasteiger partial charge in [0.15, 0.2) is 5.58 Å². The molecule has 1 atom stereocenters. The van der Waals surface area contributed by atoms with Crippen molar-refractivity contribution < 1.29 is 4.42 Å². The lowest BCUT2D eigenvalue weighted by Crippen LogP contribution is -2.34. The zero-order valence-electron chi connectivity index (χ0n) is 35.7. The average Bonchev–Trinajstić information content (AvgIpc) is 3.90. The van der Waals surface area contributed by atoms with Gasteiger partial charge in [0.2, 0.25) is 0 Å². The van der Waals surface area contributed by atoms with Crippen LogP contribution < -0.4 is 4.90 Å². The number of para-hydroxylation sites is 3. The monoisotopic (exact) mass is 829 g/mol. The fourth-order valence-corrected chi connectivity index (χ4v) is 11.4. The van der Waals surface area contributed by atoms with Gasteiger partial charge in [-0.05, 0) is 104 Å². The molecule has 0 amide bonds. The van der Waals surface area contributed by atoms with E-state index in [9.17, 15) is 0 Å². The molecule has 1 spiro atoms. The predicted octanol–water partition coefficient (Wildman–Crippen LogP) is 16.2. The van der Waals surface area contributed by atoms with Crippen LogP contribution in [-0.4, -0.2) is 0 Å². The zero-order valence-corrected chi connectivity index (χ0v) is 35.7. The van der Waals surface area contributed by atoms with Crippen LogP contribution in [0.25, 0.3) is 44.2 Å². The smallest absolute Gasteiger partial charge is 0.159 e. The van der Waals surface area contributed by atoms with Gasteiger partial charge in [-0.25, -0.2) is 0 Å². The van der Waals surface area contributed by atoms with Gasteiger partial charge in [0.1, 0.15) is 5.58 Å². The second-order valence-corrected chi connectivity index (χ2v) is 17.5. The van der Waals surface area contributed by atoms with Crippen molar-refractivity contribution in [3.63, 3.8) is 0 Å². The molecule has 0 bridgehead atoms. The van der Waals surface area contributed by atoms with Gasteiger partial charge in [0, 0.05) is 33.6 Å². The van der Waals surface area contributed by atoms with E-state index in [1.54, 1.807) is 0 Å². The van der Waals surface area contributed by atoms with Crippen LogP contribution in [0, 0.1) is 0 Å². The molecule has 2 aliphatic rings. The Hall–Kier alpha value is -8.20. The minimum atomic E-state index is -0.449. The molecule has 11 aromatic rings. The Morgan fingerprint density at radius 3 is 1.66 bits per heavy atom. The van der Waals surface area contributed by atoms with Crippen LogP contribution in [0.5, 0.6) is 0 Å². The zero-order chi connectivity index (χ0) is 42.9. The summed E-state index contributed by atoms with van der Waals surface area (Å²) >= 11 is 0. The summed E-state index contributed by atoms with van der Waals surface area (Å²) in [5.41, 5.74) is 21.2. The Bertz CT molecular complexity index is 3520. The van der Waals surface area contributed by atoms with Gasteiger partial charge in [-0.1, -0.05) is 212 Å². The molecule has 0 N–H and O–H groups in total. The first-order chi connectivity index (χ1) is 32.3. The summed E-state index contributed by atoms with van der Waals surface area (Å²) in [7, 11) is 0. The summed E-state index contributed by atoms with van der Waals surface area (Å²) in [6.45, 7) is 0. The van der Waals surface area contributed by atoms with E-state index < -0.39 is 5.41 Å². The molecule has 0 saturated carbocycles. The quantitative estimate of drug-likeness (QED) is 0.149. The maximum atomic E-state index is 7.36. The summed E-state index contributed by atoms with van der Waals surface area (Å²) < 4.78 is 7.36. The molecule has 1 heterocycles. The molecule has 65 heavy (non-hydrogen) atoms. The lowest BCUT2D eigenvalue weighted by Gasteiger charge is -2.40. The Balaban J connectivity index is 1.02. The van der Waals surface area contributed by atoms with Crippen LogP contribution in [-0.2, 0) is 11.8 Å². The molecule has 306 valence electrons. The van der Waals surface area contributed by atoms with Gasteiger partial charge in [-0.3, -0.25) is 0 Å². The Morgan fingerprint density at radius 1 is 0.385 bits per heavy atom. The van der Waals surface area contributed by atoms with Crippen molar-refractivity contribution >= 4 is 39.0 Å². The standard InChI is InChI=1S/C63H43NO/c1-4-18-42(19-5-1)43-34-37-49(38-35-43)64(48-24-8-3-9-25-48)59-33-17-28-53-52-27-16-29-54(61(52)65-62(53)59)60(44-20-6-2-7-21-44)47-36-39-51-50-26-12-15-32-57(50)63(58(51)41-47)55-30-13-10-22-45(55)40-46-23-11-14-31-56(46)63/h1-39,41,60H,40H2. The highest BCUT2D eigenvalue weighted by atomic mass is 16.3. The van der Waals surface area contributed by atoms with Crippen LogP contribution >= 0.6 is 0 Å². The number of fused-ring (bicyclic) bond motifs is 12. The second kappa shape index (κ2) is 15.0. The number of nitrogens with zero attached hydrogens (tertiary/aromatic N) is 1. The number of furan rings is 1. The van der Waals surface area contributed by atoms with Crippen LogP contribution in [0.15, 0.2) is 247 Å². The minimum absolute atomic E-state index is 0.111. The van der Waals surface area contributed by atoms with Gasteiger partial charge in [-0.15, -0.1) is 0 Å². The van der Waals surface area contributed by atoms with Crippen molar-refractivity contribution in [2.24, 2.45) is 0 Å². The third kappa shape index (κ3) is 5.74. The van der Waals surface area contributed by atoms with E-state index in [4.69, 9.17) is 4.42 Å². The fourth-order valence-electron chi connectivity index (χ4n) is 11.4. The van der Waals surface area contributed by atoms with E-state index in [1.807, 2.05) is 0 Å². The molecule has 10 aromatic carbocycles. The lowest BCUT2D eigenvalue weighted by atomic mass is 9.61. The third-order valence-corrected chi connectivity index (χ3v) is 14.1. The highest BCUT2D eigenvalue weighted by Crippen LogP contribution is 2.60. The first kappa shape index (κ1) is 37.4. The van der Waals surface area contributed by atoms with Crippen molar-refractivity contribution in [1.29, 1.82) is 0 Å². The number of benzene rings is 10. The SMILES string of the molecule is c1ccc(-c2ccc(N(c3ccccc3)c3cccc4c3oc3c(C(c5ccccc5)c5ccc6c(c5)C5(c7ccccc7Cc7ccccc75)c5ccccc5-6)cccc34)cc2)cc1. The summed E-state index contributed by atoms with van der Waals surface area (Å²) in [5, 5.41) is 2.19.